The molecule has 138 valence electrons. The Kier molecular flexibility index (Phi) is 5.68. The number of nitro benzene ring substituents is 1. The van der Waals surface area contributed by atoms with Crippen molar-refractivity contribution in [2.24, 2.45) is 0 Å². The molecule has 0 amide bonds. The Morgan fingerprint density at radius 3 is 2.67 bits per heavy atom. The Hall–Kier alpha value is -2.97. The van der Waals surface area contributed by atoms with Crippen LogP contribution in [0.2, 0.25) is 5.02 Å². The summed E-state index contributed by atoms with van der Waals surface area (Å²) in [7, 11) is 1.60. The van der Waals surface area contributed by atoms with Crippen molar-refractivity contribution in [3.8, 4) is 16.3 Å². The molecule has 7 nitrogen and oxygen atoms in total. The molecular weight excluding hydrogens is 392 g/mol. The van der Waals surface area contributed by atoms with Crippen LogP contribution in [-0.4, -0.2) is 23.0 Å². The predicted octanol–water partition coefficient (Wildman–Crippen LogP) is 4.74. The van der Waals surface area contributed by atoms with Gasteiger partial charge in [0.25, 0.3) is 5.69 Å². The summed E-state index contributed by atoms with van der Waals surface area (Å²) >= 11 is 7.35. The molecule has 0 N–H and O–H groups in total. The second kappa shape index (κ2) is 8.15. The number of non-ortho nitro benzene ring substituents is 1. The number of nitrogens with zero attached hydrogens (tertiary/aromatic N) is 2. The summed E-state index contributed by atoms with van der Waals surface area (Å²) in [5, 5.41) is 13.5. The normalized spacial score (nSPS) is 10.4. The van der Waals surface area contributed by atoms with Crippen LogP contribution in [0.25, 0.3) is 10.6 Å². The minimum Gasteiger partial charge on any atom is -0.497 e. The molecule has 0 saturated heterocycles. The lowest BCUT2D eigenvalue weighted by Gasteiger charge is -2.05. The summed E-state index contributed by atoms with van der Waals surface area (Å²) in [5.74, 6) is 0.000917. The number of ether oxygens (including phenoxy) is 2. The minimum atomic E-state index is -0.748. The van der Waals surface area contributed by atoms with Crippen molar-refractivity contribution < 1.29 is 19.2 Å². The number of esters is 1. The molecule has 0 radical (unpaired) electrons. The van der Waals surface area contributed by atoms with Crippen molar-refractivity contribution >= 4 is 34.6 Å². The van der Waals surface area contributed by atoms with E-state index in [0.717, 1.165) is 22.4 Å². The predicted molar refractivity (Wildman–Crippen MR) is 101 cm³/mol. The molecular formula is C18H13ClN2O5S. The number of hydrogen-bond donors (Lipinski definition) is 0. The second-order valence-corrected chi connectivity index (χ2v) is 6.64. The van der Waals surface area contributed by atoms with E-state index >= 15 is 0 Å². The van der Waals surface area contributed by atoms with E-state index in [2.05, 4.69) is 4.98 Å². The average molecular weight is 405 g/mol. The molecule has 0 aliphatic carbocycles. The van der Waals surface area contributed by atoms with E-state index < -0.39 is 10.9 Å². The maximum absolute atomic E-state index is 12.2. The van der Waals surface area contributed by atoms with Gasteiger partial charge in [0.1, 0.15) is 17.4 Å². The number of thiazole rings is 1. The van der Waals surface area contributed by atoms with Gasteiger partial charge >= 0.3 is 5.97 Å². The number of benzene rings is 2. The topological polar surface area (TPSA) is 91.6 Å². The highest BCUT2D eigenvalue weighted by molar-refractivity contribution is 7.13. The van der Waals surface area contributed by atoms with Crippen molar-refractivity contribution in [3.05, 3.63) is 74.2 Å². The summed E-state index contributed by atoms with van der Waals surface area (Å²) in [5.41, 5.74) is 1.19. The first-order chi connectivity index (χ1) is 13.0. The van der Waals surface area contributed by atoms with E-state index in [-0.39, 0.29) is 22.9 Å². The van der Waals surface area contributed by atoms with Crippen molar-refractivity contribution in [3.63, 3.8) is 0 Å². The fourth-order valence-corrected chi connectivity index (χ4v) is 3.25. The van der Waals surface area contributed by atoms with Gasteiger partial charge in [0.2, 0.25) is 0 Å². The van der Waals surface area contributed by atoms with Crippen LogP contribution in [0.15, 0.2) is 47.8 Å². The molecule has 9 heteroatoms. The Labute approximate surface area is 163 Å². The number of nitro groups is 1. The average Bonchev–Trinajstić information content (AvgIpc) is 3.15. The fraction of sp³-hybridized carbons (Fsp3) is 0.111. The highest BCUT2D eigenvalue weighted by Crippen LogP contribution is 2.27. The zero-order valence-electron chi connectivity index (χ0n) is 14.0. The van der Waals surface area contributed by atoms with E-state index in [9.17, 15) is 14.9 Å². The molecule has 0 fully saturated rings. The van der Waals surface area contributed by atoms with Crippen LogP contribution >= 0.6 is 22.9 Å². The number of methoxy groups -OCH3 is 1. The quantitative estimate of drug-likeness (QED) is 0.335. The number of halogens is 1. The SMILES string of the molecule is COc1ccc(-c2nc(COC(=O)c3cc([N+](=O)[O-])ccc3Cl)cs2)cc1. The van der Waals surface area contributed by atoms with Gasteiger partial charge in [-0.1, -0.05) is 11.6 Å². The molecule has 1 heterocycles. The van der Waals surface area contributed by atoms with Gasteiger partial charge in [0, 0.05) is 23.1 Å². The Balaban J connectivity index is 1.68. The highest BCUT2D eigenvalue weighted by atomic mass is 35.5. The molecule has 0 spiro atoms. The molecule has 0 atom stereocenters. The summed E-state index contributed by atoms with van der Waals surface area (Å²) in [4.78, 5) is 26.9. The molecule has 3 rings (SSSR count). The maximum Gasteiger partial charge on any atom is 0.340 e. The number of aromatic nitrogens is 1. The van der Waals surface area contributed by atoms with Gasteiger partial charge in [-0.25, -0.2) is 9.78 Å². The van der Waals surface area contributed by atoms with Gasteiger partial charge in [-0.15, -0.1) is 11.3 Å². The van der Waals surface area contributed by atoms with E-state index in [0.29, 0.717) is 5.69 Å². The third-order valence-corrected chi connectivity index (χ3v) is 4.89. The Morgan fingerprint density at radius 1 is 1.26 bits per heavy atom. The van der Waals surface area contributed by atoms with Gasteiger partial charge in [0.05, 0.1) is 28.3 Å². The Morgan fingerprint density at radius 2 is 2.00 bits per heavy atom. The molecule has 0 bridgehead atoms. The van der Waals surface area contributed by atoms with Crippen LogP contribution in [0.3, 0.4) is 0 Å². The third-order valence-electron chi connectivity index (χ3n) is 3.62. The first kappa shape index (κ1) is 18.8. The lowest BCUT2D eigenvalue weighted by Crippen LogP contribution is -2.07. The number of carbonyl (C=O) groups is 1. The summed E-state index contributed by atoms with van der Waals surface area (Å²) in [6, 6.07) is 11.0. The molecule has 1 aromatic heterocycles. The zero-order chi connectivity index (χ0) is 19.4. The van der Waals surface area contributed by atoms with Crippen LogP contribution in [0.4, 0.5) is 5.69 Å². The Bertz CT molecular complexity index is 988. The lowest BCUT2D eigenvalue weighted by atomic mass is 10.2. The standard InChI is InChI=1S/C18H13ClN2O5S/c1-25-14-5-2-11(3-6-14)17-20-12(10-27-17)9-26-18(22)15-8-13(21(23)24)4-7-16(15)19/h2-8,10H,9H2,1H3. The lowest BCUT2D eigenvalue weighted by molar-refractivity contribution is -0.384. The molecule has 0 aliphatic rings. The number of rotatable bonds is 6. The monoisotopic (exact) mass is 404 g/mol. The van der Waals surface area contributed by atoms with E-state index in [4.69, 9.17) is 21.1 Å². The van der Waals surface area contributed by atoms with Crippen LogP contribution in [0.1, 0.15) is 16.1 Å². The van der Waals surface area contributed by atoms with E-state index in [1.165, 1.54) is 23.5 Å². The molecule has 0 aliphatic heterocycles. The smallest absolute Gasteiger partial charge is 0.340 e. The van der Waals surface area contributed by atoms with Crippen LogP contribution in [0, 0.1) is 10.1 Å². The van der Waals surface area contributed by atoms with E-state index in [1.807, 2.05) is 24.3 Å². The van der Waals surface area contributed by atoms with Crippen molar-refractivity contribution in [2.45, 2.75) is 6.61 Å². The molecule has 3 aromatic rings. The number of carbonyl (C=O) groups excluding carboxylic acids is 1. The van der Waals surface area contributed by atoms with Crippen molar-refractivity contribution in [2.75, 3.05) is 7.11 Å². The van der Waals surface area contributed by atoms with Gasteiger partial charge in [-0.3, -0.25) is 10.1 Å². The first-order valence-electron chi connectivity index (χ1n) is 7.68. The maximum atomic E-state index is 12.2. The van der Waals surface area contributed by atoms with Gasteiger partial charge < -0.3 is 9.47 Å². The second-order valence-electron chi connectivity index (χ2n) is 5.37. The fourth-order valence-electron chi connectivity index (χ4n) is 2.24. The van der Waals surface area contributed by atoms with E-state index in [1.54, 1.807) is 12.5 Å². The molecule has 2 aromatic carbocycles. The van der Waals surface area contributed by atoms with Gasteiger partial charge in [0.15, 0.2) is 0 Å². The summed E-state index contributed by atoms with van der Waals surface area (Å²) in [6.45, 7) is -0.0650. The summed E-state index contributed by atoms with van der Waals surface area (Å²) < 4.78 is 10.3. The number of hydrogen-bond acceptors (Lipinski definition) is 7. The molecule has 0 unspecified atom stereocenters. The highest BCUT2D eigenvalue weighted by Gasteiger charge is 2.17. The minimum absolute atomic E-state index is 0.0588. The van der Waals surface area contributed by atoms with Crippen molar-refractivity contribution in [1.82, 2.24) is 4.98 Å². The third kappa shape index (κ3) is 4.42. The van der Waals surface area contributed by atoms with Crippen LogP contribution < -0.4 is 4.74 Å². The summed E-state index contributed by atoms with van der Waals surface area (Å²) in [6.07, 6.45) is 0. The van der Waals surface area contributed by atoms with Crippen molar-refractivity contribution in [1.29, 1.82) is 0 Å². The van der Waals surface area contributed by atoms with Gasteiger partial charge in [-0.05, 0) is 30.3 Å². The molecule has 0 saturated carbocycles. The first-order valence-corrected chi connectivity index (χ1v) is 8.93. The zero-order valence-corrected chi connectivity index (χ0v) is 15.6. The van der Waals surface area contributed by atoms with Crippen LogP contribution in [0.5, 0.6) is 5.75 Å². The largest absolute Gasteiger partial charge is 0.497 e. The molecule has 27 heavy (non-hydrogen) atoms. The van der Waals surface area contributed by atoms with Gasteiger partial charge in [-0.2, -0.15) is 0 Å². The van der Waals surface area contributed by atoms with Crippen LogP contribution in [-0.2, 0) is 11.3 Å².